The quantitative estimate of drug-likeness (QED) is 0.790. The summed E-state index contributed by atoms with van der Waals surface area (Å²) >= 11 is 0. The van der Waals surface area contributed by atoms with Crippen LogP contribution in [0.15, 0.2) is 24.3 Å². The Morgan fingerprint density at radius 1 is 1.38 bits per heavy atom. The van der Waals surface area contributed by atoms with Gasteiger partial charge in [-0.25, -0.2) is 4.79 Å². The summed E-state index contributed by atoms with van der Waals surface area (Å²) in [5.41, 5.74) is 7.01. The first-order valence-electron chi connectivity index (χ1n) is 5.32. The third-order valence-electron chi connectivity index (χ3n) is 3.07. The molecule has 0 radical (unpaired) electrons. The second kappa shape index (κ2) is 4.23. The van der Waals surface area contributed by atoms with Crippen LogP contribution in [0.3, 0.4) is 0 Å². The van der Waals surface area contributed by atoms with Gasteiger partial charge in [0.05, 0.1) is 5.56 Å². The molecule has 1 saturated heterocycles. The van der Waals surface area contributed by atoms with E-state index in [1.807, 2.05) is 6.07 Å². The molecule has 4 heteroatoms. The van der Waals surface area contributed by atoms with Crippen molar-refractivity contribution in [1.29, 1.82) is 0 Å². The van der Waals surface area contributed by atoms with Crippen molar-refractivity contribution in [3.63, 3.8) is 0 Å². The first-order chi connectivity index (χ1) is 7.62. The summed E-state index contributed by atoms with van der Waals surface area (Å²) in [6.45, 7) is 1.27. The van der Waals surface area contributed by atoms with E-state index in [0.29, 0.717) is 13.2 Å². The molecule has 0 atom stereocenters. The van der Waals surface area contributed by atoms with Gasteiger partial charge in [-0.3, -0.25) is 0 Å². The zero-order valence-corrected chi connectivity index (χ0v) is 8.98. The number of rotatable bonds is 2. The highest BCUT2D eigenvalue weighted by atomic mass is 16.5. The average molecular weight is 221 g/mol. The molecule has 4 nitrogen and oxygen atoms in total. The molecule has 1 aromatic rings. The van der Waals surface area contributed by atoms with E-state index in [1.165, 1.54) is 0 Å². The summed E-state index contributed by atoms with van der Waals surface area (Å²) in [7, 11) is 0. The zero-order valence-electron chi connectivity index (χ0n) is 8.98. The van der Waals surface area contributed by atoms with Crippen molar-refractivity contribution in [2.75, 3.05) is 13.2 Å². The van der Waals surface area contributed by atoms with Gasteiger partial charge in [0.1, 0.15) is 0 Å². The van der Waals surface area contributed by atoms with Crippen LogP contribution in [0.2, 0.25) is 0 Å². The van der Waals surface area contributed by atoms with Gasteiger partial charge in [0.25, 0.3) is 0 Å². The normalized spacial score (nSPS) is 19.3. The first-order valence-corrected chi connectivity index (χ1v) is 5.32. The highest BCUT2D eigenvalue weighted by Gasteiger charge is 2.30. The lowest BCUT2D eigenvalue weighted by Gasteiger charge is -2.34. The largest absolute Gasteiger partial charge is 0.478 e. The van der Waals surface area contributed by atoms with Crippen molar-refractivity contribution in [3.8, 4) is 0 Å². The number of ether oxygens (including phenoxy) is 1. The van der Waals surface area contributed by atoms with Gasteiger partial charge < -0.3 is 15.6 Å². The fourth-order valence-corrected chi connectivity index (χ4v) is 1.99. The van der Waals surface area contributed by atoms with E-state index in [9.17, 15) is 4.79 Å². The van der Waals surface area contributed by atoms with Gasteiger partial charge in [-0.2, -0.15) is 0 Å². The standard InChI is InChI=1S/C12H15NO3/c13-12(4-6-16-7-5-12)10-3-1-2-9(8-10)11(14)15/h1-3,8H,4-7,13H2,(H,14,15). The average Bonchev–Trinajstić information content (AvgIpc) is 2.30. The molecule has 0 spiro atoms. The minimum atomic E-state index is -0.919. The van der Waals surface area contributed by atoms with Gasteiger partial charge in [0.2, 0.25) is 0 Å². The van der Waals surface area contributed by atoms with E-state index >= 15 is 0 Å². The van der Waals surface area contributed by atoms with Gasteiger partial charge in [-0.05, 0) is 30.5 Å². The van der Waals surface area contributed by atoms with Crippen LogP contribution in [-0.4, -0.2) is 24.3 Å². The number of carbonyl (C=O) groups is 1. The number of carboxylic acids is 1. The lowest BCUT2D eigenvalue weighted by molar-refractivity contribution is 0.0522. The number of aromatic carboxylic acids is 1. The first kappa shape index (κ1) is 11.1. The van der Waals surface area contributed by atoms with Crippen molar-refractivity contribution in [3.05, 3.63) is 35.4 Å². The van der Waals surface area contributed by atoms with Crippen LogP contribution in [0.1, 0.15) is 28.8 Å². The number of benzene rings is 1. The van der Waals surface area contributed by atoms with Crippen LogP contribution in [0, 0.1) is 0 Å². The molecule has 2 rings (SSSR count). The Hall–Kier alpha value is -1.39. The summed E-state index contributed by atoms with van der Waals surface area (Å²) < 4.78 is 5.27. The molecule has 0 aromatic heterocycles. The molecule has 1 aliphatic heterocycles. The SMILES string of the molecule is NC1(c2cccc(C(=O)O)c2)CCOCC1. The predicted octanol–water partition coefficient (Wildman–Crippen LogP) is 1.35. The third-order valence-corrected chi connectivity index (χ3v) is 3.07. The molecular weight excluding hydrogens is 206 g/mol. The van der Waals surface area contributed by atoms with E-state index in [-0.39, 0.29) is 5.56 Å². The van der Waals surface area contributed by atoms with Gasteiger partial charge in [-0.15, -0.1) is 0 Å². The van der Waals surface area contributed by atoms with Crippen LogP contribution in [0.25, 0.3) is 0 Å². The van der Waals surface area contributed by atoms with Crippen molar-refractivity contribution >= 4 is 5.97 Å². The molecule has 0 amide bonds. The van der Waals surface area contributed by atoms with Crippen LogP contribution in [0.4, 0.5) is 0 Å². The van der Waals surface area contributed by atoms with E-state index in [0.717, 1.165) is 18.4 Å². The molecule has 0 bridgehead atoms. The minimum Gasteiger partial charge on any atom is -0.478 e. The van der Waals surface area contributed by atoms with E-state index in [1.54, 1.807) is 18.2 Å². The van der Waals surface area contributed by atoms with Crippen LogP contribution in [-0.2, 0) is 10.3 Å². The summed E-state index contributed by atoms with van der Waals surface area (Å²) in [4.78, 5) is 10.9. The topological polar surface area (TPSA) is 72.6 Å². The Balaban J connectivity index is 2.31. The Kier molecular flexibility index (Phi) is 2.94. The van der Waals surface area contributed by atoms with Crippen LogP contribution < -0.4 is 5.73 Å². The van der Waals surface area contributed by atoms with Gasteiger partial charge in [0, 0.05) is 18.8 Å². The molecule has 0 unspecified atom stereocenters. The Labute approximate surface area is 94.0 Å². The van der Waals surface area contributed by atoms with Crippen LogP contribution in [0.5, 0.6) is 0 Å². The molecule has 16 heavy (non-hydrogen) atoms. The maximum Gasteiger partial charge on any atom is 0.335 e. The Bertz CT molecular complexity index is 397. The molecule has 1 aromatic carbocycles. The van der Waals surface area contributed by atoms with Crippen molar-refractivity contribution in [2.24, 2.45) is 5.73 Å². The second-order valence-electron chi connectivity index (χ2n) is 4.15. The Morgan fingerprint density at radius 3 is 2.69 bits per heavy atom. The summed E-state index contributed by atoms with van der Waals surface area (Å²) in [5.74, 6) is -0.919. The molecule has 1 fully saturated rings. The lowest BCUT2D eigenvalue weighted by Crippen LogP contribution is -2.42. The smallest absolute Gasteiger partial charge is 0.335 e. The third kappa shape index (κ3) is 2.08. The predicted molar refractivity (Wildman–Crippen MR) is 59.3 cm³/mol. The van der Waals surface area contributed by atoms with Crippen LogP contribution >= 0.6 is 0 Å². The highest BCUT2D eigenvalue weighted by Crippen LogP contribution is 2.29. The van der Waals surface area contributed by atoms with Crippen molar-refractivity contribution in [2.45, 2.75) is 18.4 Å². The molecule has 0 saturated carbocycles. The number of nitrogens with two attached hydrogens (primary N) is 1. The van der Waals surface area contributed by atoms with Crippen molar-refractivity contribution < 1.29 is 14.6 Å². The molecule has 1 heterocycles. The summed E-state index contributed by atoms with van der Waals surface area (Å²) in [5, 5.41) is 8.93. The summed E-state index contributed by atoms with van der Waals surface area (Å²) in [6.07, 6.45) is 1.46. The van der Waals surface area contributed by atoms with Gasteiger partial charge in [0.15, 0.2) is 0 Å². The van der Waals surface area contributed by atoms with Gasteiger partial charge in [-0.1, -0.05) is 12.1 Å². The van der Waals surface area contributed by atoms with E-state index < -0.39 is 11.5 Å². The number of hydrogen-bond acceptors (Lipinski definition) is 3. The minimum absolute atomic E-state index is 0.286. The lowest BCUT2D eigenvalue weighted by atomic mass is 9.83. The molecular formula is C12H15NO3. The molecule has 86 valence electrons. The summed E-state index contributed by atoms with van der Waals surface area (Å²) in [6, 6.07) is 6.86. The molecule has 0 aliphatic carbocycles. The maximum absolute atomic E-state index is 10.9. The molecule has 3 N–H and O–H groups in total. The molecule has 1 aliphatic rings. The maximum atomic E-state index is 10.9. The second-order valence-corrected chi connectivity index (χ2v) is 4.15. The number of carboxylic acid groups (broad SMARTS) is 1. The van der Waals surface area contributed by atoms with E-state index in [2.05, 4.69) is 0 Å². The van der Waals surface area contributed by atoms with Gasteiger partial charge >= 0.3 is 5.97 Å². The number of hydrogen-bond donors (Lipinski definition) is 2. The van der Waals surface area contributed by atoms with Crippen molar-refractivity contribution in [1.82, 2.24) is 0 Å². The highest BCUT2D eigenvalue weighted by molar-refractivity contribution is 5.87. The monoisotopic (exact) mass is 221 g/mol. The zero-order chi connectivity index (χ0) is 11.6. The van der Waals surface area contributed by atoms with E-state index in [4.69, 9.17) is 15.6 Å². The Morgan fingerprint density at radius 2 is 2.06 bits per heavy atom. The fraction of sp³-hybridized carbons (Fsp3) is 0.417. The fourth-order valence-electron chi connectivity index (χ4n) is 1.99.